The van der Waals surface area contributed by atoms with E-state index in [1.54, 1.807) is 13.8 Å². The molecule has 0 bridgehead atoms. The first-order valence-electron chi connectivity index (χ1n) is 8.28. The van der Waals surface area contributed by atoms with Gasteiger partial charge in [0.05, 0.1) is 26.6 Å². The number of nitrogens with zero attached hydrogens (tertiary/aromatic N) is 1. The fourth-order valence-corrected chi connectivity index (χ4v) is 6.06. The molecule has 0 fully saturated rings. The molecule has 7 nitrogen and oxygen atoms in total. The van der Waals surface area contributed by atoms with E-state index in [9.17, 15) is 18.0 Å². The zero-order valence-corrected chi connectivity index (χ0v) is 16.8. The number of carbonyl (C=O) groups excluding carboxylic acids is 2. The van der Waals surface area contributed by atoms with Crippen LogP contribution in [-0.4, -0.2) is 41.6 Å². The second-order valence-electron chi connectivity index (χ2n) is 6.32. The molecule has 0 aromatic carbocycles. The molecule has 9 heteroatoms. The minimum absolute atomic E-state index is 0.177. The van der Waals surface area contributed by atoms with Gasteiger partial charge in [-0.15, -0.1) is 11.3 Å². The number of Topliss-reactive ketones (excluding diaryl/α,β-unsaturated/α-hetero) is 1. The quantitative estimate of drug-likeness (QED) is 0.460. The van der Waals surface area contributed by atoms with E-state index in [4.69, 9.17) is 11.5 Å². The van der Waals surface area contributed by atoms with E-state index in [0.717, 1.165) is 11.3 Å². The van der Waals surface area contributed by atoms with E-state index in [-0.39, 0.29) is 4.88 Å². The average Bonchev–Trinajstić information content (AvgIpc) is 2.84. The predicted molar refractivity (Wildman–Crippen MR) is 99.4 cm³/mol. The molecule has 1 aromatic heterocycles. The number of rotatable bonds is 10. The van der Waals surface area contributed by atoms with E-state index >= 15 is 0 Å². The average molecular weight is 390 g/mol. The van der Waals surface area contributed by atoms with Crippen molar-refractivity contribution in [3.05, 3.63) is 15.6 Å². The molecule has 1 aromatic rings. The number of sulfone groups is 1. The molecule has 4 N–H and O–H groups in total. The van der Waals surface area contributed by atoms with Crippen LogP contribution >= 0.6 is 11.3 Å². The van der Waals surface area contributed by atoms with Crippen molar-refractivity contribution in [2.24, 2.45) is 11.5 Å². The Balaban J connectivity index is 3.28. The number of aromatic nitrogens is 1. The third-order valence-electron chi connectivity index (χ3n) is 4.11. The normalized spacial score (nSPS) is 14.5. The highest BCUT2D eigenvalue weighted by Gasteiger charge is 2.47. The molecule has 0 spiro atoms. The second-order valence-corrected chi connectivity index (χ2v) is 9.80. The van der Waals surface area contributed by atoms with Gasteiger partial charge in [0.1, 0.15) is 0 Å². The van der Waals surface area contributed by atoms with Gasteiger partial charge < -0.3 is 11.5 Å². The van der Waals surface area contributed by atoms with Crippen LogP contribution in [0.5, 0.6) is 0 Å². The number of aryl methyl sites for hydroxylation is 2. The first-order chi connectivity index (χ1) is 11.5. The van der Waals surface area contributed by atoms with Gasteiger partial charge in [-0.2, -0.15) is 0 Å². The summed E-state index contributed by atoms with van der Waals surface area (Å²) in [6.45, 7) is 7.10. The van der Waals surface area contributed by atoms with E-state index in [0.29, 0.717) is 36.4 Å². The summed E-state index contributed by atoms with van der Waals surface area (Å²) < 4.78 is 25.6. The Morgan fingerprint density at radius 2 is 1.72 bits per heavy atom. The molecule has 0 radical (unpaired) electrons. The highest BCUT2D eigenvalue weighted by atomic mass is 32.2. The third kappa shape index (κ3) is 4.86. The second kappa shape index (κ2) is 8.37. The van der Waals surface area contributed by atoms with Gasteiger partial charge in [0.25, 0.3) is 0 Å². The van der Waals surface area contributed by atoms with E-state index < -0.39 is 38.1 Å². The molecule has 1 heterocycles. The SMILES string of the molecule is CCCC(CCC)S(=O)(=O)CC(N)(C(N)=O)C(=O)c1sc(C)nc1C. The molecular formula is C16H27N3O4S2. The molecule has 0 aliphatic rings. The topological polar surface area (TPSA) is 133 Å². The number of hydrogen-bond donors (Lipinski definition) is 2. The minimum atomic E-state index is -3.77. The number of carbonyl (C=O) groups is 2. The Kier molecular flexibility index (Phi) is 7.28. The van der Waals surface area contributed by atoms with Gasteiger partial charge in [-0.05, 0) is 26.7 Å². The Bertz CT molecular complexity index is 737. The van der Waals surface area contributed by atoms with Crippen molar-refractivity contribution in [3.63, 3.8) is 0 Å². The summed E-state index contributed by atoms with van der Waals surface area (Å²) in [5.74, 6) is -2.70. The molecule has 1 amide bonds. The molecule has 0 aliphatic heterocycles. The van der Waals surface area contributed by atoms with Crippen molar-refractivity contribution in [1.82, 2.24) is 4.98 Å². The fraction of sp³-hybridized carbons (Fsp3) is 0.688. The summed E-state index contributed by atoms with van der Waals surface area (Å²) in [6, 6.07) is 0. The van der Waals surface area contributed by atoms with Crippen LogP contribution in [0.1, 0.15) is 59.9 Å². The molecule has 25 heavy (non-hydrogen) atoms. The van der Waals surface area contributed by atoms with Crippen molar-refractivity contribution in [2.45, 2.75) is 64.2 Å². The lowest BCUT2D eigenvalue weighted by Gasteiger charge is -2.26. The van der Waals surface area contributed by atoms with Crippen molar-refractivity contribution in [3.8, 4) is 0 Å². The Labute approximate surface area is 153 Å². The summed E-state index contributed by atoms with van der Waals surface area (Å²) >= 11 is 1.08. The molecule has 1 rings (SSSR count). The number of thiazole rings is 1. The van der Waals surface area contributed by atoms with Gasteiger partial charge >= 0.3 is 0 Å². The number of nitrogens with two attached hydrogens (primary N) is 2. The van der Waals surface area contributed by atoms with Crippen LogP contribution in [0.4, 0.5) is 0 Å². The van der Waals surface area contributed by atoms with Crippen molar-refractivity contribution in [1.29, 1.82) is 0 Å². The van der Waals surface area contributed by atoms with Gasteiger partial charge in [0.2, 0.25) is 11.7 Å². The maximum Gasteiger partial charge on any atom is 0.246 e. The largest absolute Gasteiger partial charge is 0.368 e. The Morgan fingerprint density at radius 3 is 2.08 bits per heavy atom. The highest BCUT2D eigenvalue weighted by Crippen LogP contribution is 2.25. The summed E-state index contributed by atoms with van der Waals surface area (Å²) in [7, 11) is -3.77. The third-order valence-corrected chi connectivity index (χ3v) is 7.53. The van der Waals surface area contributed by atoms with E-state index in [2.05, 4.69) is 4.98 Å². The van der Waals surface area contributed by atoms with Gasteiger partial charge in [0.15, 0.2) is 15.4 Å². The molecule has 0 saturated carbocycles. The maximum absolute atomic E-state index is 12.8. The summed E-state index contributed by atoms with van der Waals surface area (Å²) in [5, 5.41) is -0.00719. The van der Waals surface area contributed by atoms with Gasteiger partial charge in [-0.3, -0.25) is 9.59 Å². The van der Waals surface area contributed by atoms with E-state index in [1.807, 2.05) is 13.8 Å². The number of ketones is 1. The zero-order valence-electron chi connectivity index (χ0n) is 15.2. The van der Waals surface area contributed by atoms with Gasteiger partial charge in [-0.25, -0.2) is 13.4 Å². The first-order valence-corrected chi connectivity index (χ1v) is 10.8. The van der Waals surface area contributed by atoms with Gasteiger partial charge in [0, 0.05) is 0 Å². The first kappa shape index (κ1) is 21.7. The molecule has 0 saturated heterocycles. The molecule has 142 valence electrons. The summed E-state index contributed by atoms with van der Waals surface area (Å²) in [4.78, 5) is 29.1. The van der Waals surface area contributed by atoms with Crippen LogP contribution in [0.25, 0.3) is 0 Å². The van der Waals surface area contributed by atoms with Crippen molar-refractivity contribution in [2.75, 3.05) is 5.75 Å². The number of hydrogen-bond acceptors (Lipinski definition) is 7. The Hall–Kier alpha value is -1.32. The van der Waals surface area contributed by atoms with Crippen LogP contribution in [0.3, 0.4) is 0 Å². The van der Waals surface area contributed by atoms with Crippen LogP contribution in [0, 0.1) is 13.8 Å². The molecule has 1 atom stereocenters. The molecular weight excluding hydrogens is 362 g/mol. The lowest BCUT2D eigenvalue weighted by Crippen LogP contribution is -2.63. The van der Waals surface area contributed by atoms with Crippen LogP contribution in [-0.2, 0) is 14.6 Å². The van der Waals surface area contributed by atoms with Crippen LogP contribution in [0.2, 0.25) is 0 Å². The summed E-state index contributed by atoms with van der Waals surface area (Å²) in [5.41, 5.74) is 9.47. The smallest absolute Gasteiger partial charge is 0.246 e. The molecule has 1 unspecified atom stereocenters. The van der Waals surface area contributed by atoms with Crippen molar-refractivity contribution < 1.29 is 18.0 Å². The fourth-order valence-electron chi connectivity index (χ4n) is 2.78. The van der Waals surface area contributed by atoms with E-state index in [1.165, 1.54) is 0 Å². The lowest BCUT2D eigenvalue weighted by molar-refractivity contribution is -0.120. The van der Waals surface area contributed by atoms with Crippen LogP contribution < -0.4 is 11.5 Å². The predicted octanol–water partition coefficient (Wildman–Crippen LogP) is 1.51. The lowest BCUT2D eigenvalue weighted by atomic mass is 9.95. The number of primary amides is 1. The monoisotopic (exact) mass is 389 g/mol. The van der Waals surface area contributed by atoms with Crippen LogP contribution in [0.15, 0.2) is 0 Å². The molecule has 0 aliphatic carbocycles. The minimum Gasteiger partial charge on any atom is -0.368 e. The highest BCUT2D eigenvalue weighted by molar-refractivity contribution is 7.92. The Morgan fingerprint density at radius 1 is 1.20 bits per heavy atom. The number of amides is 1. The van der Waals surface area contributed by atoms with Crippen molar-refractivity contribution >= 4 is 32.9 Å². The van der Waals surface area contributed by atoms with Gasteiger partial charge in [-0.1, -0.05) is 26.7 Å². The standard InChI is InChI=1S/C16H27N3O4S2/c1-5-7-12(8-6-2)25(22,23)9-16(18,15(17)21)14(20)13-10(3)19-11(4)24-13/h12H,5-9,18H2,1-4H3,(H2,17,21). The maximum atomic E-state index is 12.8. The zero-order chi connectivity index (χ0) is 19.4. The summed E-state index contributed by atoms with van der Waals surface area (Å²) in [6.07, 6.45) is 2.27.